The Morgan fingerprint density at radius 3 is 2.90 bits per heavy atom. The van der Waals surface area contributed by atoms with Crippen molar-refractivity contribution in [1.82, 2.24) is 20.3 Å². The molecule has 0 fully saturated rings. The summed E-state index contributed by atoms with van der Waals surface area (Å²) in [7, 11) is 0. The zero-order valence-corrected chi connectivity index (χ0v) is 10.9. The largest absolute Gasteiger partial charge is 0.501 e. The molecule has 2 heterocycles. The number of aromatic nitrogens is 3. The fourth-order valence-electron chi connectivity index (χ4n) is 1.57. The Hall–Kier alpha value is -2.70. The van der Waals surface area contributed by atoms with E-state index < -0.39 is 17.2 Å². The Balaban J connectivity index is 2.45. The normalized spacial score (nSPS) is 10.2. The highest BCUT2D eigenvalue weighted by Gasteiger charge is 2.18. The quantitative estimate of drug-likeness (QED) is 0.759. The van der Waals surface area contributed by atoms with E-state index >= 15 is 0 Å². The summed E-state index contributed by atoms with van der Waals surface area (Å²) in [5.41, 5.74) is -0.667. The predicted molar refractivity (Wildman–Crippen MR) is 72.4 cm³/mol. The van der Waals surface area contributed by atoms with Gasteiger partial charge in [0.15, 0.2) is 11.5 Å². The van der Waals surface area contributed by atoms with Crippen molar-refractivity contribution in [1.29, 1.82) is 0 Å². The van der Waals surface area contributed by atoms with Crippen LogP contribution < -0.4 is 10.9 Å². The van der Waals surface area contributed by atoms with Crippen LogP contribution in [0.2, 0.25) is 0 Å². The lowest BCUT2D eigenvalue weighted by Gasteiger charge is -2.06. The van der Waals surface area contributed by atoms with Gasteiger partial charge in [0.05, 0.1) is 0 Å². The Labute approximate surface area is 114 Å². The zero-order chi connectivity index (χ0) is 14.5. The monoisotopic (exact) mass is 274 g/mol. The molecule has 0 unspecified atom stereocenters. The number of pyridine rings is 1. The number of carbonyl (C=O) groups is 1. The number of rotatable bonds is 4. The first kappa shape index (κ1) is 13.7. The number of aromatic amines is 1. The maximum atomic E-state index is 11.9. The number of hydrogen-bond acceptors (Lipinski definition) is 5. The molecular formula is C13H14N4O3. The van der Waals surface area contributed by atoms with Crippen molar-refractivity contribution < 1.29 is 9.90 Å². The molecule has 2 rings (SSSR count). The number of H-pyrrole nitrogens is 1. The van der Waals surface area contributed by atoms with Crippen LogP contribution in [0.25, 0.3) is 11.5 Å². The van der Waals surface area contributed by atoms with Gasteiger partial charge in [-0.1, -0.05) is 13.0 Å². The average Bonchev–Trinajstić information content (AvgIpc) is 2.48. The van der Waals surface area contributed by atoms with Crippen LogP contribution in [0, 0.1) is 0 Å². The first-order valence-corrected chi connectivity index (χ1v) is 6.16. The molecule has 104 valence electrons. The molecule has 0 aliphatic rings. The minimum atomic E-state index is -0.776. The van der Waals surface area contributed by atoms with Crippen LogP contribution in [0.5, 0.6) is 5.75 Å². The van der Waals surface area contributed by atoms with Gasteiger partial charge in [-0.2, -0.15) is 0 Å². The highest BCUT2D eigenvalue weighted by atomic mass is 16.3. The van der Waals surface area contributed by atoms with Gasteiger partial charge in [0.1, 0.15) is 5.69 Å². The number of amides is 1. The second-order valence-electron chi connectivity index (χ2n) is 4.08. The molecule has 2 aromatic rings. The Morgan fingerprint density at radius 2 is 2.25 bits per heavy atom. The maximum absolute atomic E-state index is 11.9. The van der Waals surface area contributed by atoms with Gasteiger partial charge in [0.25, 0.3) is 11.5 Å². The van der Waals surface area contributed by atoms with Crippen molar-refractivity contribution in [2.75, 3.05) is 6.54 Å². The van der Waals surface area contributed by atoms with E-state index in [1.54, 1.807) is 24.4 Å². The zero-order valence-electron chi connectivity index (χ0n) is 10.9. The second kappa shape index (κ2) is 5.96. The summed E-state index contributed by atoms with van der Waals surface area (Å²) in [5, 5.41) is 12.2. The Kier molecular flexibility index (Phi) is 4.09. The van der Waals surface area contributed by atoms with Crippen LogP contribution in [0.3, 0.4) is 0 Å². The fraction of sp³-hybridized carbons (Fsp3) is 0.231. The number of aromatic hydroxyl groups is 1. The summed E-state index contributed by atoms with van der Waals surface area (Å²) in [6, 6.07) is 5.09. The van der Waals surface area contributed by atoms with E-state index in [4.69, 9.17) is 0 Å². The molecule has 0 bridgehead atoms. The summed E-state index contributed by atoms with van der Waals surface area (Å²) in [6.45, 7) is 2.33. The Morgan fingerprint density at radius 1 is 1.45 bits per heavy atom. The number of nitrogens with one attached hydrogen (secondary N) is 2. The van der Waals surface area contributed by atoms with Gasteiger partial charge in [0.2, 0.25) is 5.75 Å². The minimum absolute atomic E-state index is 0.134. The lowest BCUT2D eigenvalue weighted by Crippen LogP contribution is -2.27. The van der Waals surface area contributed by atoms with Crippen LogP contribution in [-0.2, 0) is 0 Å². The minimum Gasteiger partial charge on any atom is -0.501 e. The van der Waals surface area contributed by atoms with Gasteiger partial charge in [-0.3, -0.25) is 14.6 Å². The van der Waals surface area contributed by atoms with Crippen molar-refractivity contribution >= 4 is 5.91 Å². The summed E-state index contributed by atoms with van der Waals surface area (Å²) in [4.78, 5) is 33.9. The van der Waals surface area contributed by atoms with Crippen molar-refractivity contribution in [3.05, 3.63) is 40.4 Å². The molecule has 7 heteroatoms. The van der Waals surface area contributed by atoms with Crippen molar-refractivity contribution in [2.45, 2.75) is 13.3 Å². The van der Waals surface area contributed by atoms with Crippen LogP contribution in [0.4, 0.5) is 0 Å². The van der Waals surface area contributed by atoms with E-state index in [0.717, 1.165) is 6.42 Å². The first-order chi connectivity index (χ1) is 9.63. The van der Waals surface area contributed by atoms with Crippen molar-refractivity contribution in [3.63, 3.8) is 0 Å². The second-order valence-corrected chi connectivity index (χ2v) is 4.08. The topological polar surface area (TPSA) is 108 Å². The molecule has 0 spiro atoms. The van der Waals surface area contributed by atoms with E-state index in [1.165, 1.54) is 0 Å². The van der Waals surface area contributed by atoms with Gasteiger partial charge in [-0.15, -0.1) is 0 Å². The molecule has 7 nitrogen and oxygen atoms in total. The van der Waals surface area contributed by atoms with Crippen LogP contribution in [-0.4, -0.2) is 32.5 Å². The molecule has 20 heavy (non-hydrogen) atoms. The van der Waals surface area contributed by atoms with Gasteiger partial charge in [-0.05, 0) is 18.6 Å². The highest BCUT2D eigenvalue weighted by molar-refractivity contribution is 5.95. The fourth-order valence-corrected chi connectivity index (χ4v) is 1.57. The molecule has 0 aliphatic heterocycles. The number of carbonyl (C=O) groups excluding carboxylic acids is 1. The first-order valence-electron chi connectivity index (χ1n) is 6.16. The smallest absolute Gasteiger partial charge is 0.294 e. The molecule has 0 saturated carbocycles. The van der Waals surface area contributed by atoms with Gasteiger partial charge in [0, 0.05) is 12.7 Å². The third-order valence-corrected chi connectivity index (χ3v) is 2.55. The summed E-state index contributed by atoms with van der Waals surface area (Å²) >= 11 is 0. The predicted octanol–water partition coefficient (Wildman–Crippen LogP) is 0.677. The molecule has 0 aliphatic carbocycles. The van der Waals surface area contributed by atoms with Gasteiger partial charge >= 0.3 is 0 Å². The van der Waals surface area contributed by atoms with E-state index in [0.29, 0.717) is 12.2 Å². The SMILES string of the molecule is CCCNC(=O)c1nc(-c2ccccn2)[nH]c(=O)c1O. The lowest BCUT2D eigenvalue weighted by atomic mass is 10.3. The summed E-state index contributed by atoms with van der Waals surface area (Å²) in [6.07, 6.45) is 2.28. The van der Waals surface area contributed by atoms with Crippen LogP contribution in [0.15, 0.2) is 29.2 Å². The van der Waals surface area contributed by atoms with Gasteiger partial charge < -0.3 is 15.4 Å². The van der Waals surface area contributed by atoms with E-state index in [1.807, 2.05) is 6.92 Å². The maximum Gasteiger partial charge on any atom is 0.294 e. The van der Waals surface area contributed by atoms with E-state index in [2.05, 4.69) is 20.3 Å². The third-order valence-electron chi connectivity index (χ3n) is 2.55. The van der Waals surface area contributed by atoms with E-state index in [9.17, 15) is 14.7 Å². The van der Waals surface area contributed by atoms with Crippen molar-refractivity contribution in [3.8, 4) is 17.3 Å². The Bertz CT molecular complexity index is 667. The number of nitrogens with zero attached hydrogens (tertiary/aromatic N) is 2. The highest BCUT2D eigenvalue weighted by Crippen LogP contribution is 2.14. The van der Waals surface area contributed by atoms with Gasteiger partial charge in [-0.25, -0.2) is 4.98 Å². The lowest BCUT2D eigenvalue weighted by molar-refractivity contribution is 0.0945. The molecule has 0 atom stereocenters. The summed E-state index contributed by atoms with van der Waals surface area (Å²) in [5.74, 6) is -1.15. The third kappa shape index (κ3) is 2.82. The molecule has 0 saturated heterocycles. The summed E-state index contributed by atoms with van der Waals surface area (Å²) < 4.78 is 0. The van der Waals surface area contributed by atoms with Crippen LogP contribution in [0.1, 0.15) is 23.8 Å². The molecule has 1 amide bonds. The van der Waals surface area contributed by atoms with Crippen LogP contribution >= 0.6 is 0 Å². The molecule has 0 radical (unpaired) electrons. The standard InChI is InChI=1S/C13H14N4O3/c1-2-6-15-12(19)9-10(18)13(20)17-11(16-9)8-5-3-4-7-14-8/h3-5,7,18H,2,6H2,1H3,(H,15,19)(H,16,17,20). The van der Waals surface area contributed by atoms with Crippen molar-refractivity contribution in [2.24, 2.45) is 0 Å². The molecule has 0 aromatic carbocycles. The molecule has 2 aromatic heterocycles. The molecule has 3 N–H and O–H groups in total. The number of hydrogen-bond donors (Lipinski definition) is 3. The molecular weight excluding hydrogens is 260 g/mol. The average molecular weight is 274 g/mol. The van der Waals surface area contributed by atoms with E-state index in [-0.39, 0.29) is 11.5 Å².